The van der Waals surface area contributed by atoms with Crippen molar-refractivity contribution in [3.63, 3.8) is 0 Å². The van der Waals surface area contributed by atoms with E-state index < -0.39 is 0 Å². The lowest BCUT2D eigenvalue weighted by Crippen LogP contribution is -2.48. The van der Waals surface area contributed by atoms with Crippen LogP contribution in [0.15, 0.2) is 42.5 Å². The molecule has 2 aromatic carbocycles. The first-order valence-electron chi connectivity index (χ1n) is 9.01. The van der Waals surface area contributed by atoms with Crippen LogP contribution in [0.2, 0.25) is 0 Å². The van der Waals surface area contributed by atoms with Crippen LogP contribution in [-0.4, -0.2) is 63.2 Å². The standard InChI is InChI=1S/C21H26N2O4/c1-25-17-7-4-6-16(14-17)15-22-10-12-23(13-11-22)21(24)20-18(26-2)8-5-9-19(20)27-3/h4-9,14H,10-13,15H2,1-3H3. The van der Waals surface area contributed by atoms with Gasteiger partial charge in [0.2, 0.25) is 0 Å². The van der Waals surface area contributed by atoms with E-state index >= 15 is 0 Å². The van der Waals surface area contributed by atoms with Gasteiger partial charge in [-0.3, -0.25) is 9.69 Å². The molecule has 1 amide bonds. The Labute approximate surface area is 160 Å². The van der Waals surface area contributed by atoms with Gasteiger partial charge in [0.05, 0.1) is 21.3 Å². The van der Waals surface area contributed by atoms with Crippen LogP contribution in [0.25, 0.3) is 0 Å². The zero-order valence-corrected chi connectivity index (χ0v) is 16.1. The van der Waals surface area contributed by atoms with Crippen molar-refractivity contribution in [3.05, 3.63) is 53.6 Å². The molecule has 0 aliphatic carbocycles. The summed E-state index contributed by atoms with van der Waals surface area (Å²) >= 11 is 0. The Morgan fingerprint density at radius 2 is 1.52 bits per heavy atom. The van der Waals surface area contributed by atoms with Gasteiger partial charge in [0, 0.05) is 32.7 Å². The van der Waals surface area contributed by atoms with Crippen LogP contribution in [0, 0.1) is 0 Å². The molecule has 0 saturated carbocycles. The Bertz CT molecular complexity index is 763. The zero-order valence-electron chi connectivity index (χ0n) is 16.1. The van der Waals surface area contributed by atoms with Gasteiger partial charge in [0.15, 0.2) is 0 Å². The van der Waals surface area contributed by atoms with Gasteiger partial charge >= 0.3 is 0 Å². The van der Waals surface area contributed by atoms with E-state index in [-0.39, 0.29) is 5.91 Å². The topological polar surface area (TPSA) is 51.2 Å². The summed E-state index contributed by atoms with van der Waals surface area (Å²) in [5.74, 6) is 1.89. The predicted molar refractivity (Wildman–Crippen MR) is 104 cm³/mol. The van der Waals surface area contributed by atoms with Crippen molar-refractivity contribution in [1.82, 2.24) is 9.80 Å². The molecule has 0 spiro atoms. The maximum atomic E-state index is 13.0. The van der Waals surface area contributed by atoms with Gasteiger partial charge in [0.1, 0.15) is 22.8 Å². The molecule has 0 bridgehead atoms. The number of benzene rings is 2. The fraction of sp³-hybridized carbons (Fsp3) is 0.381. The molecule has 0 aromatic heterocycles. The number of ether oxygens (including phenoxy) is 3. The lowest BCUT2D eigenvalue weighted by atomic mass is 10.1. The second-order valence-electron chi connectivity index (χ2n) is 6.46. The molecule has 6 nitrogen and oxygen atoms in total. The molecule has 0 unspecified atom stereocenters. The van der Waals surface area contributed by atoms with Crippen molar-refractivity contribution in [2.24, 2.45) is 0 Å². The summed E-state index contributed by atoms with van der Waals surface area (Å²) in [6, 6.07) is 13.5. The Balaban J connectivity index is 1.64. The Morgan fingerprint density at radius 1 is 0.889 bits per heavy atom. The number of hydrogen-bond acceptors (Lipinski definition) is 5. The Morgan fingerprint density at radius 3 is 2.11 bits per heavy atom. The van der Waals surface area contributed by atoms with E-state index in [9.17, 15) is 4.79 Å². The molecule has 3 rings (SSSR count). The summed E-state index contributed by atoms with van der Waals surface area (Å²) in [6.07, 6.45) is 0. The minimum Gasteiger partial charge on any atom is -0.497 e. The number of carbonyl (C=O) groups is 1. The molecular weight excluding hydrogens is 344 g/mol. The monoisotopic (exact) mass is 370 g/mol. The number of nitrogens with zero attached hydrogens (tertiary/aromatic N) is 2. The third-order valence-corrected chi connectivity index (χ3v) is 4.84. The largest absolute Gasteiger partial charge is 0.497 e. The van der Waals surface area contributed by atoms with Crippen LogP contribution in [0.5, 0.6) is 17.2 Å². The van der Waals surface area contributed by atoms with E-state index in [4.69, 9.17) is 14.2 Å². The van der Waals surface area contributed by atoms with Gasteiger partial charge in [-0.15, -0.1) is 0 Å². The second-order valence-corrected chi connectivity index (χ2v) is 6.46. The fourth-order valence-electron chi connectivity index (χ4n) is 3.36. The highest BCUT2D eigenvalue weighted by Gasteiger charge is 2.27. The minimum atomic E-state index is -0.0506. The average molecular weight is 370 g/mol. The quantitative estimate of drug-likeness (QED) is 0.783. The first-order valence-corrected chi connectivity index (χ1v) is 9.01. The lowest BCUT2D eigenvalue weighted by molar-refractivity contribution is 0.0622. The van der Waals surface area contributed by atoms with E-state index in [0.29, 0.717) is 30.2 Å². The maximum absolute atomic E-state index is 13.0. The molecule has 6 heteroatoms. The van der Waals surface area contributed by atoms with Crippen molar-refractivity contribution >= 4 is 5.91 Å². The average Bonchev–Trinajstić information content (AvgIpc) is 2.73. The van der Waals surface area contributed by atoms with Crippen LogP contribution < -0.4 is 14.2 Å². The van der Waals surface area contributed by atoms with Crippen molar-refractivity contribution in [3.8, 4) is 17.2 Å². The molecule has 1 heterocycles. The molecule has 1 saturated heterocycles. The molecule has 1 aliphatic rings. The number of hydrogen-bond donors (Lipinski definition) is 0. The second kappa shape index (κ2) is 8.77. The van der Waals surface area contributed by atoms with Gasteiger partial charge < -0.3 is 19.1 Å². The third kappa shape index (κ3) is 4.34. The van der Waals surface area contributed by atoms with E-state index in [1.165, 1.54) is 5.56 Å². The minimum absolute atomic E-state index is 0.0506. The summed E-state index contributed by atoms with van der Waals surface area (Å²) in [4.78, 5) is 17.2. The third-order valence-electron chi connectivity index (χ3n) is 4.84. The summed E-state index contributed by atoms with van der Waals surface area (Å²) in [7, 11) is 4.81. The number of methoxy groups -OCH3 is 3. The number of carbonyl (C=O) groups excluding carboxylic acids is 1. The maximum Gasteiger partial charge on any atom is 0.261 e. The van der Waals surface area contributed by atoms with Crippen LogP contribution in [0.3, 0.4) is 0 Å². The number of piperazine rings is 1. The van der Waals surface area contributed by atoms with Crippen molar-refractivity contribution in [1.29, 1.82) is 0 Å². The van der Waals surface area contributed by atoms with Gasteiger partial charge in [-0.05, 0) is 29.8 Å². The molecule has 0 N–H and O–H groups in total. The van der Waals surface area contributed by atoms with Gasteiger partial charge in [-0.25, -0.2) is 0 Å². The molecule has 1 fully saturated rings. The highest BCUT2D eigenvalue weighted by molar-refractivity contribution is 5.99. The SMILES string of the molecule is COc1cccc(CN2CCN(C(=O)c3c(OC)cccc3OC)CC2)c1. The zero-order chi connectivity index (χ0) is 19.2. The molecule has 2 aromatic rings. The first-order chi connectivity index (χ1) is 13.2. The van der Waals surface area contributed by atoms with E-state index in [1.54, 1.807) is 33.5 Å². The van der Waals surface area contributed by atoms with E-state index in [0.717, 1.165) is 25.4 Å². The highest BCUT2D eigenvalue weighted by atomic mass is 16.5. The molecule has 27 heavy (non-hydrogen) atoms. The van der Waals surface area contributed by atoms with Crippen molar-refractivity contribution < 1.29 is 19.0 Å². The van der Waals surface area contributed by atoms with E-state index in [1.807, 2.05) is 23.1 Å². The first kappa shape index (κ1) is 19.0. The summed E-state index contributed by atoms with van der Waals surface area (Å²) in [5.41, 5.74) is 1.70. The van der Waals surface area contributed by atoms with Crippen molar-refractivity contribution in [2.45, 2.75) is 6.54 Å². The smallest absolute Gasteiger partial charge is 0.261 e. The van der Waals surface area contributed by atoms with Crippen LogP contribution in [0.4, 0.5) is 0 Å². The summed E-state index contributed by atoms with van der Waals surface area (Å²) < 4.78 is 16.0. The van der Waals surface area contributed by atoms with Crippen molar-refractivity contribution in [2.75, 3.05) is 47.5 Å². The fourth-order valence-corrected chi connectivity index (χ4v) is 3.36. The molecule has 144 valence electrons. The molecule has 0 radical (unpaired) electrons. The van der Waals surface area contributed by atoms with Gasteiger partial charge in [0.25, 0.3) is 5.91 Å². The normalized spacial score (nSPS) is 14.7. The molecule has 1 aliphatic heterocycles. The molecular formula is C21H26N2O4. The van der Waals surface area contributed by atoms with Crippen LogP contribution >= 0.6 is 0 Å². The molecule has 0 atom stereocenters. The number of rotatable bonds is 6. The van der Waals surface area contributed by atoms with Gasteiger partial charge in [-0.1, -0.05) is 18.2 Å². The summed E-state index contributed by atoms with van der Waals surface area (Å²) in [5, 5.41) is 0. The van der Waals surface area contributed by atoms with Gasteiger partial charge in [-0.2, -0.15) is 0 Å². The highest BCUT2D eigenvalue weighted by Crippen LogP contribution is 2.30. The van der Waals surface area contributed by atoms with E-state index in [2.05, 4.69) is 17.0 Å². The number of amides is 1. The Hall–Kier alpha value is -2.73. The lowest BCUT2D eigenvalue weighted by Gasteiger charge is -2.35. The van der Waals surface area contributed by atoms with Crippen LogP contribution in [0.1, 0.15) is 15.9 Å². The predicted octanol–water partition coefficient (Wildman–Crippen LogP) is 2.67. The van der Waals surface area contributed by atoms with Crippen LogP contribution in [-0.2, 0) is 6.54 Å². The Kier molecular flexibility index (Phi) is 6.19. The summed E-state index contributed by atoms with van der Waals surface area (Å²) in [6.45, 7) is 3.83.